The van der Waals surface area contributed by atoms with Crippen molar-refractivity contribution in [1.29, 1.82) is 0 Å². The molecule has 7 nitrogen and oxygen atoms in total. The summed E-state index contributed by atoms with van der Waals surface area (Å²) < 4.78 is 7.00. The average Bonchev–Trinajstić information content (AvgIpc) is 3.12. The van der Waals surface area contributed by atoms with Crippen molar-refractivity contribution in [3.63, 3.8) is 0 Å². The summed E-state index contributed by atoms with van der Waals surface area (Å²) in [7, 11) is 3.53. The van der Waals surface area contributed by atoms with Gasteiger partial charge >= 0.3 is 0 Å². The Bertz CT molecular complexity index is 609. The first kappa shape index (κ1) is 18.4. The molecule has 140 valence electrons. The van der Waals surface area contributed by atoms with Gasteiger partial charge in [0.05, 0.1) is 24.2 Å². The molecular weight excluding hydrogens is 320 g/mol. The van der Waals surface area contributed by atoms with Crippen molar-refractivity contribution >= 4 is 5.91 Å². The lowest BCUT2D eigenvalue weighted by Crippen LogP contribution is -2.49. The van der Waals surface area contributed by atoms with Crippen molar-refractivity contribution in [3.05, 3.63) is 18.2 Å². The highest BCUT2D eigenvalue weighted by Crippen LogP contribution is 2.48. The number of rotatable bonds is 5. The fourth-order valence-electron chi connectivity index (χ4n) is 4.52. The molecule has 0 radical (unpaired) electrons. The normalized spacial score (nSPS) is 26.5. The maximum atomic E-state index is 12.4. The molecule has 25 heavy (non-hydrogen) atoms. The molecule has 2 aliphatic rings. The van der Waals surface area contributed by atoms with Crippen molar-refractivity contribution in [2.24, 2.45) is 12.5 Å². The summed E-state index contributed by atoms with van der Waals surface area (Å²) in [5.74, 6) is -0.0214. The Hall–Kier alpha value is -1.44. The summed E-state index contributed by atoms with van der Waals surface area (Å²) in [6, 6.07) is 0. The van der Waals surface area contributed by atoms with Crippen molar-refractivity contribution in [2.75, 3.05) is 40.0 Å². The van der Waals surface area contributed by atoms with Crippen molar-refractivity contribution in [2.45, 2.75) is 38.3 Å². The zero-order valence-electron chi connectivity index (χ0n) is 15.6. The topological polar surface area (TPSA) is 70.8 Å². The van der Waals surface area contributed by atoms with Crippen LogP contribution in [-0.2, 0) is 23.1 Å². The number of aryl methyl sites for hydroxylation is 1. The molecule has 1 amide bonds. The van der Waals surface area contributed by atoms with Crippen LogP contribution >= 0.6 is 0 Å². The Labute approximate surface area is 149 Å². The predicted octanol–water partition coefficient (Wildman–Crippen LogP) is 0.632. The number of hydrogen-bond acceptors (Lipinski definition) is 5. The molecule has 3 heterocycles. The van der Waals surface area contributed by atoms with Gasteiger partial charge in [-0.2, -0.15) is 0 Å². The van der Waals surface area contributed by atoms with E-state index >= 15 is 0 Å². The van der Waals surface area contributed by atoms with Crippen LogP contribution in [0.5, 0.6) is 0 Å². The fourth-order valence-corrected chi connectivity index (χ4v) is 4.52. The Balaban J connectivity index is 1.63. The monoisotopic (exact) mass is 350 g/mol. The number of aromatic nitrogens is 2. The summed E-state index contributed by atoms with van der Waals surface area (Å²) in [5, 5.41) is 9.92. The molecule has 0 aromatic carbocycles. The van der Waals surface area contributed by atoms with E-state index in [0.29, 0.717) is 0 Å². The average molecular weight is 350 g/mol. The fraction of sp³-hybridized carbons (Fsp3) is 0.778. The molecule has 0 aliphatic carbocycles. The maximum absolute atomic E-state index is 12.4. The van der Waals surface area contributed by atoms with Gasteiger partial charge in [0.15, 0.2) is 0 Å². The molecule has 3 rings (SSSR count). The van der Waals surface area contributed by atoms with E-state index in [4.69, 9.17) is 4.74 Å². The van der Waals surface area contributed by atoms with E-state index in [1.807, 2.05) is 29.8 Å². The zero-order valence-corrected chi connectivity index (χ0v) is 15.6. The summed E-state index contributed by atoms with van der Waals surface area (Å²) >= 11 is 0. The summed E-state index contributed by atoms with van der Waals surface area (Å²) in [6.07, 6.45) is 6.86. The number of methoxy groups -OCH3 is 1. The third-order valence-electron chi connectivity index (χ3n) is 5.87. The van der Waals surface area contributed by atoms with Crippen LogP contribution in [0.2, 0.25) is 0 Å². The van der Waals surface area contributed by atoms with Crippen LogP contribution in [-0.4, -0.2) is 75.9 Å². The second kappa shape index (κ2) is 7.05. The highest BCUT2D eigenvalue weighted by atomic mass is 16.5. The van der Waals surface area contributed by atoms with Gasteiger partial charge in [-0.15, -0.1) is 0 Å². The molecule has 1 aromatic heterocycles. The lowest BCUT2D eigenvalue weighted by atomic mass is 9.74. The Kier molecular flexibility index (Phi) is 5.18. The molecular formula is C18H30N4O3. The first-order chi connectivity index (χ1) is 11.9. The van der Waals surface area contributed by atoms with E-state index in [0.717, 1.165) is 51.1 Å². The Morgan fingerprint density at radius 1 is 1.40 bits per heavy atom. The van der Waals surface area contributed by atoms with Gasteiger partial charge in [-0.25, -0.2) is 4.98 Å². The zero-order chi connectivity index (χ0) is 18.1. The number of carbonyl (C=O) groups excluding carboxylic acids is 1. The van der Waals surface area contributed by atoms with Gasteiger partial charge in [-0.05, 0) is 44.7 Å². The number of aliphatic hydroxyl groups excluding tert-OH is 1. The first-order valence-corrected chi connectivity index (χ1v) is 8.99. The van der Waals surface area contributed by atoms with Crippen molar-refractivity contribution in [3.8, 4) is 0 Å². The third kappa shape index (κ3) is 3.73. The van der Waals surface area contributed by atoms with Crippen LogP contribution in [0, 0.1) is 5.41 Å². The largest absolute Gasteiger partial charge is 0.394 e. The Morgan fingerprint density at radius 3 is 2.68 bits per heavy atom. The van der Waals surface area contributed by atoms with Crippen LogP contribution in [0.4, 0.5) is 0 Å². The summed E-state index contributed by atoms with van der Waals surface area (Å²) in [4.78, 5) is 21.1. The highest BCUT2D eigenvalue weighted by Gasteiger charge is 2.52. The van der Waals surface area contributed by atoms with Crippen LogP contribution < -0.4 is 0 Å². The van der Waals surface area contributed by atoms with Crippen LogP contribution in [0.15, 0.2) is 12.5 Å². The first-order valence-electron chi connectivity index (χ1n) is 8.99. The highest BCUT2D eigenvalue weighted by molar-refractivity contribution is 5.78. The van der Waals surface area contributed by atoms with E-state index in [1.54, 1.807) is 0 Å². The molecule has 2 aliphatic heterocycles. The number of piperidine rings is 1. The second-order valence-corrected chi connectivity index (χ2v) is 8.05. The van der Waals surface area contributed by atoms with E-state index in [2.05, 4.69) is 16.1 Å². The molecule has 0 saturated carbocycles. The summed E-state index contributed by atoms with van der Waals surface area (Å²) in [6.45, 7) is 5.69. The van der Waals surface area contributed by atoms with Crippen LogP contribution in [0.25, 0.3) is 0 Å². The summed E-state index contributed by atoms with van der Waals surface area (Å²) in [5.41, 5.74) is 0.738. The van der Waals surface area contributed by atoms with Gasteiger partial charge in [0.1, 0.15) is 6.61 Å². The molecule has 1 spiro atoms. The van der Waals surface area contributed by atoms with Gasteiger partial charge < -0.3 is 19.3 Å². The molecule has 0 unspecified atom stereocenters. The molecule has 7 heteroatoms. The number of nitrogens with zero attached hydrogens (tertiary/aromatic N) is 4. The lowest BCUT2D eigenvalue weighted by molar-refractivity contribution is -0.140. The van der Waals surface area contributed by atoms with Gasteiger partial charge in [0.25, 0.3) is 0 Å². The molecule has 1 N–H and O–H groups in total. The smallest absolute Gasteiger partial charge is 0.249 e. The minimum atomic E-state index is -0.473. The van der Waals surface area contributed by atoms with E-state index in [9.17, 15) is 9.90 Å². The van der Waals surface area contributed by atoms with Crippen LogP contribution in [0.3, 0.4) is 0 Å². The van der Waals surface area contributed by atoms with Crippen molar-refractivity contribution in [1.82, 2.24) is 19.4 Å². The third-order valence-corrected chi connectivity index (χ3v) is 5.87. The SMILES string of the molecule is COCC(=O)N1CC2(CCN(Cc3cn(C)cn3)CC2)C[C@]1(C)CO. The minimum absolute atomic E-state index is 0.00184. The van der Waals surface area contributed by atoms with Gasteiger partial charge in [0.2, 0.25) is 5.91 Å². The second-order valence-electron chi connectivity index (χ2n) is 8.05. The lowest BCUT2D eigenvalue weighted by Gasteiger charge is -2.39. The minimum Gasteiger partial charge on any atom is -0.394 e. The molecule has 0 bridgehead atoms. The van der Waals surface area contributed by atoms with E-state index in [-0.39, 0.29) is 24.5 Å². The number of hydrogen-bond donors (Lipinski definition) is 1. The number of ether oxygens (including phenoxy) is 1. The number of carbonyl (C=O) groups is 1. The molecule has 2 saturated heterocycles. The van der Waals surface area contributed by atoms with Crippen molar-refractivity contribution < 1.29 is 14.6 Å². The predicted molar refractivity (Wildman–Crippen MR) is 93.8 cm³/mol. The van der Waals surface area contributed by atoms with E-state index < -0.39 is 5.54 Å². The number of amides is 1. The number of aliphatic hydroxyl groups is 1. The van der Waals surface area contributed by atoms with Gasteiger partial charge in [-0.1, -0.05) is 0 Å². The van der Waals surface area contributed by atoms with Gasteiger partial charge in [-0.3, -0.25) is 9.69 Å². The quantitative estimate of drug-likeness (QED) is 0.844. The standard InChI is InChI=1S/C18H30N4O3/c1-17(13-23)11-18(12-22(17)16(24)10-25-3)4-6-21(7-5-18)9-15-8-20(2)14-19-15/h8,14,23H,4-7,9-13H2,1-3H3/t17-/m1/s1. The molecule has 2 fully saturated rings. The number of imidazole rings is 1. The number of likely N-dealkylation sites (tertiary alicyclic amines) is 2. The molecule has 1 aromatic rings. The van der Waals surface area contributed by atoms with Crippen LogP contribution in [0.1, 0.15) is 31.9 Å². The molecule has 1 atom stereocenters. The Morgan fingerprint density at radius 2 is 2.12 bits per heavy atom. The van der Waals surface area contributed by atoms with E-state index in [1.165, 1.54) is 7.11 Å². The maximum Gasteiger partial charge on any atom is 0.249 e. The van der Waals surface area contributed by atoms with Gasteiger partial charge in [0, 0.05) is 33.4 Å².